The number of hydrogen-bond donors (Lipinski definition) is 2. The van der Waals surface area contributed by atoms with Crippen LogP contribution in [0.1, 0.15) is 19.3 Å². The van der Waals surface area contributed by atoms with Gasteiger partial charge in [0.1, 0.15) is 0 Å². The number of rotatable bonds is 2. The molecule has 3 nitrogen and oxygen atoms in total. The van der Waals surface area contributed by atoms with Crippen LogP contribution in [0.4, 0.5) is 11.4 Å². The van der Waals surface area contributed by atoms with Crippen LogP contribution in [0.3, 0.4) is 0 Å². The molecule has 0 radical (unpaired) electrons. The fourth-order valence-corrected chi connectivity index (χ4v) is 3.55. The highest BCUT2D eigenvalue weighted by Gasteiger charge is 2.48. The van der Waals surface area contributed by atoms with Gasteiger partial charge in [-0.05, 0) is 43.0 Å². The summed E-state index contributed by atoms with van der Waals surface area (Å²) in [5, 5.41) is 9.69. The Morgan fingerprint density at radius 2 is 2.12 bits per heavy atom. The quantitative estimate of drug-likeness (QED) is 0.765. The zero-order valence-corrected chi connectivity index (χ0v) is 10.1. The van der Waals surface area contributed by atoms with Gasteiger partial charge in [0, 0.05) is 29.9 Å². The number of nitrogen functional groups attached to an aromatic ring is 1. The van der Waals surface area contributed by atoms with E-state index in [1.54, 1.807) is 0 Å². The minimum absolute atomic E-state index is 0.168. The Morgan fingerprint density at radius 3 is 2.76 bits per heavy atom. The molecule has 92 valence electrons. The lowest BCUT2D eigenvalue weighted by Crippen LogP contribution is -2.30. The molecule has 1 aromatic carbocycles. The summed E-state index contributed by atoms with van der Waals surface area (Å²) in [5.41, 5.74) is 7.93. The molecule has 1 aliphatic carbocycles. The first kappa shape index (κ1) is 10.9. The van der Waals surface area contributed by atoms with Crippen LogP contribution in [0.2, 0.25) is 0 Å². The Morgan fingerprint density at radius 1 is 1.35 bits per heavy atom. The molecule has 1 heterocycles. The third kappa shape index (κ3) is 1.69. The maximum atomic E-state index is 9.69. The normalized spacial score (nSPS) is 31.8. The average molecular weight is 232 g/mol. The SMILES string of the molecule is Nc1ccc(N2C[C@@H]3CCC[C@]3(CO)C2)cc1. The third-order valence-corrected chi connectivity index (χ3v) is 4.61. The van der Waals surface area contributed by atoms with Crippen LogP contribution < -0.4 is 10.6 Å². The number of aliphatic hydroxyl groups is 1. The second kappa shape index (κ2) is 3.91. The van der Waals surface area contributed by atoms with Gasteiger partial charge in [-0.25, -0.2) is 0 Å². The molecule has 0 unspecified atom stereocenters. The molecule has 0 aromatic heterocycles. The van der Waals surface area contributed by atoms with Crippen molar-refractivity contribution in [1.29, 1.82) is 0 Å². The number of anilines is 2. The molecule has 2 fully saturated rings. The van der Waals surface area contributed by atoms with E-state index in [1.807, 2.05) is 12.1 Å². The summed E-state index contributed by atoms with van der Waals surface area (Å²) in [6.07, 6.45) is 3.73. The van der Waals surface area contributed by atoms with Gasteiger partial charge in [0.05, 0.1) is 6.61 Å². The monoisotopic (exact) mass is 232 g/mol. The summed E-state index contributed by atoms with van der Waals surface area (Å²) in [4.78, 5) is 2.40. The van der Waals surface area contributed by atoms with Crippen molar-refractivity contribution in [1.82, 2.24) is 0 Å². The van der Waals surface area contributed by atoms with E-state index in [-0.39, 0.29) is 5.41 Å². The van der Waals surface area contributed by atoms with Crippen LogP contribution in [-0.2, 0) is 0 Å². The van der Waals surface area contributed by atoms with E-state index >= 15 is 0 Å². The van der Waals surface area contributed by atoms with Gasteiger partial charge in [-0.2, -0.15) is 0 Å². The highest BCUT2D eigenvalue weighted by molar-refractivity contribution is 5.54. The van der Waals surface area contributed by atoms with E-state index < -0.39 is 0 Å². The van der Waals surface area contributed by atoms with Crippen molar-refractivity contribution >= 4 is 11.4 Å². The molecule has 0 spiro atoms. The molecular weight excluding hydrogens is 212 g/mol. The van der Waals surface area contributed by atoms with Crippen molar-refractivity contribution in [3.05, 3.63) is 24.3 Å². The van der Waals surface area contributed by atoms with Gasteiger partial charge in [-0.1, -0.05) is 6.42 Å². The minimum atomic E-state index is 0.168. The fraction of sp³-hybridized carbons (Fsp3) is 0.571. The predicted molar refractivity (Wildman–Crippen MR) is 69.9 cm³/mol. The van der Waals surface area contributed by atoms with Gasteiger partial charge in [-0.3, -0.25) is 0 Å². The number of fused-ring (bicyclic) bond motifs is 1. The topological polar surface area (TPSA) is 49.5 Å². The minimum Gasteiger partial charge on any atom is -0.399 e. The molecule has 17 heavy (non-hydrogen) atoms. The highest BCUT2D eigenvalue weighted by atomic mass is 16.3. The molecule has 1 aromatic rings. The van der Waals surface area contributed by atoms with Crippen LogP contribution in [0.25, 0.3) is 0 Å². The number of hydrogen-bond acceptors (Lipinski definition) is 3. The van der Waals surface area contributed by atoms with Crippen molar-refractivity contribution < 1.29 is 5.11 Å². The van der Waals surface area contributed by atoms with Crippen LogP contribution in [0, 0.1) is 11.3 Å². The van der Waals surface area contributed by atoms with E-state index in [4.69, 9.17) is 5.73 Å². The number of nitrogens with zero attached hydrogens (tertiary/aromatic N) is 1. The van der Waals surface area contributed by atoms with E-state index in [0.717, 1.165) is 18.8 Å². The first-order valence-electron chi connectivity index (χ1n) is 6.45. The van der Waals surface area contributed by atoms with Crippen LogP contribution in [-0.4, -0.2) is 24.8 Å². The highest BCUT2D eigenvalue weighted by Crippen LogP contribution is 2.49. The van der Waals surface area contributed by atoms with E-state index in [2.05, 4.69) is 17.0 Å². The summed E-state index contributed by atoms with van der Waals surface area (Å²) >= 11 is 0. The number of aliphatic hydroxyl groups excluding tert-OH is 1. The molecule has 3 rings (SSSR count). The van der Waals surface area contributed by atoms with Gasteiger partial charge < -0.3 is 15.7 Å². The summed E-state index contributed by atoms with van der Waals surface area (Å²) in [6, 6.07) is 8.08. The second-order valence-corrected chi connectivity index (χ2v) is 5.58. The maximum Gasteiger partial charge on any atom is 0.0507 e. The maximum absolute atomic E-state index is 9.69. The predicted octanol–water partition coefficient (Wildman–Crippen LogP) is 1.87. The molecule has 3 heteroatoms. The van der Waals surface area contributed by atoms with Crippen LogP contribution in [0.5, 0.6) is 0 Å². The zero-order valence-electron chi connectivity index (χ0n) is 10.1. The molecule has 1 saturated heterocycles. The largest absolute Gasteiger partial charge is 0.399 e. The van der Waals surface area contributed by atoms with Gasteiger partial charge in [0.25, 0.3) is 0 Å². The molecule has 1 aliphatic heterocycles. The first-order valence-corrected chi connectivity index (χ1v) is 6.45. The van der Waals surface area contributed by atoms with Gasteiger partial charge in [-0.15, -0.1) is 0 Å². The second-order valence-electron chi connectivity index (χ2n) is 5.58. The zero-order chi connectivity index (χ0) is 11.9. The van der Waals surface area contributed by atoms with Crippen molar-refractivity contribution in [2.75, 3.05) is 30.3 Å². The Kier molecular flexibility index (Phi) is 2.51. The average Bonchev–Trinajstić information content (AvgIpc) is 2.86. The fourth-order valence-electron chi connectivity index (χ4n) is 3.55. The lowest BCUT2D eigenvalue weighted by molar-refractivity contribution is 0.121. The molecule has 1 saturated carbocycles. The van der Waals surface area contributed by atoms with Gasteiger partial charge >= 0.3 is 0 Å². The standard InChI is InChI=1S/C14H20N2O/c15-12-3-5-13(6-4-12)16-8-11-2-1-7-14(11,9-16)10-17/h3-6,11,17H,1-2,7-10,15H2/t11-,14+/m0/s1. The first-order chi connectivity index (χ1) is 8.23. The van der Waals surface area contributed by atoms with Crippen LogP contribution >= 0.6 is 0 Å². The molecule has 2 atom stereocenters. The van der Waals surface area contributed by atoms with Crippen molar-refractivity contribution in [3.63, 3.8) is 0 Å². The lowest BCUT2D eigenvalue weighted by atomic mass is 9.82. The third-order valence-electron chi connectivity index (χ3n) is 4.61. The molecule has 0 amide bonds. The summed E-state index contributed by atoms with van der Waals surface area (Å²) in [6.45, 7) is 2.42. The van der Waals surface area contributed by atoms with E-state index in [0.29, 0.717) is 12.5 Å². The Hall–Kier alpha value is -1.22. The van der Waals surface area contributed by atoms with Gasteiger partial charge in [0.2, 0.25) is 0 Å². The lowest BCUT2D eigenvalue weighted by Gasteiger charge is -2.26. The van der Waals surface area contributed by atoms with Gasteiger partial charge in [0.15, 0.2) is 0 Å². The Labute approximate surface area is 102 Å². The molecular formula is C14H20N2O. The molecule has 3 N–H and O–H groups in total. The summed E-state index contributed by atoms with van der Waals surface area (Å²) in [7, 11) is 0. The van der Waals surface area contributed by atoms with E-state index in [9.17, 15) is 5.11 Å². The van der Waals surface area contributed by atoms with E-state index in [1.165, 1.54) is 24.9 Å². The Bertz CT molecular complexity index is 403. The number of benzene rings is 1. The molecule has 2 aliphatic rings. The smallest absolute Gasteiger partial charge is 0.0507 e. The van der Waals surface area contributed by atoms with Crippen molar-refractivity contribution in [2.24, 2.45) is 11.3 Å². The van der Waals surface area contributed by atoms with Crippen molar-refractivity contribution in [3.8, 4) is 0 Å². The van der Waals surface area contributed by atoms with Crippen molar-refractivity contribution in [2.45, 2.75) is 19.3 Å². The number of nitrogens with two attached hydrogens (primary N) is 1. The summed E-state index contributed by atoms with van der Waals surface area (Å²) < 4.78 is 0. The Balaban J connectivity index is 1.82. The van der Waals surface area contributed by atoms with Crippen LogP contribution in [0.15, 0.2) is 24.3 Å². The summed E-state index contributed by atoms with van der Waals surface area (Å²) in [5.74, 6) is 0.671. The molecule has 0 bridgehead atoms.